The molecule has 0 spiro atoms. The zero-order chi connectivity index (χ0) is 21.6. The van der Waals surface area contributed by atoms with E-state index in [4.69, 9.17) is 4.42 Å². The van der Waals surface area contributed by atoms with E-state index in [1.807, 2.05) is 6.92 Å². The number of rotatable bonds is 11. The molecule has 1 fully saturated rings. The Hall–Kier alpha value is -2.64. The van der Waals surface area contributed by atoms with Gasteiger partial charge in [-0.2, -0.15) is 0 Å². The van der Waals surface area contributed by atoms with Crippen LogP contribution in [-0.2, 0) is 20.8 Å². The van der Waals surface area contributed by atoms with E-state index in [1.54, 1.807) is 6.92 Å². The molecule has 2 rings (SSSR count). The first kappa shape index (κ1) is 22.6. The van der Waals surface area contributed by atoms with E-state index >= 15 is 0 Å². The summed E-state index contributed by atoms with van der Waals surface area (Å²) in [6, 6.07) is -1.20. The molecule has 1 aromatic heterocycles. The van der Waals surface area contributed by atoms with Crippen molar-refractivity contribution in [2.24, 2.45) is 11.3 Å². The van der Waals surface area contributed by atoms with Gasteiger partial charge in [0.2, 0.25) is 5.91 Å². The van der Waals surface area contributed by atoms with Crippen LogP contribution >= 0.6 is 0 Å². The number of aliphatic carboxylic acids is 2. The number of aromatic nitrogens is 1. The highest BCUT2D eigenvalue weighted by atomic mass is 16.4. The number of amides is 1. The highest BCUT2D eigenvalue weighted by Gasteiger charge is 2.45. The van der Waals surface area contributed by atoms with Crippen LogP contribution < -0.4 is 5.32 Å². The van der Waals surface area contributed by atoms with Gasteiger partial charge in [-0.05, 0) is 38.2 Å². The molecule has 0 aromatic carbocycles. The molecule has 1 aromatic rings. The van der Waals surface area contributed by atoms with Crippen molar-refractivity contribution in [2.75, 3.05) is 0 Å². The number of allylic oxidation sites excluding steroid dienone is 1. The molecule has 0 aliphatic heterocycles. The summed E-state index contributed by atoms with van der Waals surface area (Å²) in [5.74, 6) is -2.91. The summed E-state index contributed by atoms with van der Waals surface area (Å²) in [5.41, 5.74) is 0.383. The Balaban J connectivity index is 2.15. The number of carbonyl (C=O) groups excluding carboxylic acids is 1. The van der Waals surface area contributed by atoms with Crippen LogP contribution in [0.2, 0.25) is 0 Å². The summed E-state index contributed by atoms with van der Waals surface area (Å²) in [6.45, 7) is 7.43. The Morgan fingerprint density at radius 3 is 2.41 bits per heavy atom. The number of carboxylic acid groups (broad SMARTS) is 2. The van der Waals surface area contributed by atoms with Crippen LogP contribution in [-0.4, -0.2) is 39.1 Å². The lowest BCUT2D eigenvalue weighted by Gasteiger charge is -2.31. The minimum atomic E-state index is -1.20. The fourth-order valence-electron chi connectivity index (χ4n) is 4.00. The van der Waals surface area contributed by atoms with E-state index in [2.05, 4.69) is 16.9 Å². The van der Waals surface area contributed by atoms with E-state index in [0.717, 1.165) is 12.8 Å². The SMILES string of the molecule is C=C(C)c1coc(CC(NC(=O)C2(C[C@@H](CCC)C(=O)O)CCCC2)C(=O)O)n1. The molecule has 1 heterocycles. The fourth-order valence-corrected chi connectivity index (χ4v) is 4.00. The number of nitrogens with zero attached hydrogens (tertiary/aromatic N) is 1. The second-order valence-corrected chi connectivity index (χ2v) is 7.99. The van der Waals surface area contributed by atoms with Gasteiger partial charge in [0.15, 0.2) is 5.89 Å². The highest BCUT2D eigenvalue weighted by Crippen LogP contribution is 2.44. The topological polar surface area (TPSA) is 130 Å². The second-order valence-electron chi connectivity index (χ2n) is 7.99. The molecule has 1 unspecified atom stereocenters. The average Bonchev–Trinajstić information content (AvgIpc) is 3.30. The first-order valence-electron chi connectivity index (χ1n) is 10.1. The lowest BCUT2D eigenvalue weighted by molar-refractivity contribution is -0.147. The Kier molecular flexibility index (Phi) is 7.59. The average molecular weight is 406 g/mol. The summed E-state index contributed by atoms with van der Waals surface area (Å²) < 4.78 is 5.30. The third-order valence-electron chi connectivity index (χ3n) is 5.64. The zero-order valence-electron chi connectivity index (χ0n) is 17.1. The second kappa shape index (κ2) is 9.71. The van der Waals surface area contributed by atoms with E-state index < -0.39 is 35.2 Å². The molecule has 0 saturated heterocycles. The number of oxazole rings is 1. The van der Waals surface area contributed by atoms with Crippen molar-refractivity contribution in [1.29, 1.82) is 0 Å². The van der Waals surface area contributed by atoms with Crippen molar-refractivity contribution >= 4 is 23.4 Å². The van der Waals surface area contributed by atoms with E-state index in [-0.39, 0.29) is 18.7 Å². The Labute approximate surface area is 170 Å². The van der Waals surface area contributed by atoms with Crippen molar-refractivity contribution < 1.29 is 29.0 Å². The van der Waals surface area contributed by atoms with Gasteiger partial charge in [-0.1, -0.05) is 32.8 Å². The maximum atomic E-state index is 13.1. The third-order valence-corrected chi connectivity index (χ3v) is 5.64. The molecular weight excluding hydrogens is 376 g/mol. The van der Waals surface area contributed by atoms with Gasteiger partial charge >= 0.3 is 11.9 Å². The smallest absolute Gasteiger partial charge is 0.326 e. The quantitative estimate of drug-likeness (QED) is 0.514. The molecule has 1 amide bonds. The molecular formula is C21H30N2O6. The normalized spacial score (nSPS) is 17.4. The van der Waals surface area contributed by atoms with Gasteiger partial charge < -0.3 is 19.9 Å². The molecule has 0 radical (unpaired) electrons. The van der Waals surface area contributed by atoms with Crippen molar-refractivity contribution in [3.8, 4) is 0 Å². The van der Waals surface area contributed by atoms with E-state index in [1.165, 1.54) is 6.26 Å². The number of hydrogen-bond acceptors (Lipinski definition) is 5. The largest absolute Gasteiger partial charge is 0.481 e. The van der Waals surface area contributed by atoms with Gasteiger partial charge in [-0.3, -0.25) is 9.59 Å². The van der Waals surface area contributed by atoms with Crippen LogP contribution in [0.5, 0.6) is 0 Å². The van der Waals surface area contributed by atoms with Crippen molar-refractivity contribution in [2.45, 2.75) is 71.3 Å². The number of carbonyl (C=O) groups is 3. The van der Waals surface area contributed by atoms with E-state index in [0.29, 0.717) is 37.0 Å². The molecule has 160 valence electrons. The van der Waals surface area contributed by atoms with Crippen LogP contribution in [0.25, 0.3) is 5.57 Å². The first-order valence-corrected chi connectivity index (χ1v) is 10.1. The number of nitrogens with one attached hydrogen (secondary N) is 1. The summed E-state index contributed by atoms with van der Waals surface area (Å²) >= 11 is 0. The lowest BCUT2D eigenvalue weighted by Crippen LogP contribution is -2.49. The maximum absolute atomic E-state index is 13.1. The number of carboxylic acids is 2. The minimum Gasteiger partial charge on any atom is -0.481 e. The molecule has 8 nitrogen and oxygen atoms in total. The van der Waals surface area contributed by atoms with Crippen molar-refractivity contribution in [1.82, 2.24) is 10.3 Å². The predicted molar refractivity (Wildman–Crippen MR) is 106 cm³/mol. The first-order chi connectivity index (χ1) is 13.7. The van der Waals surface area contributed by atoms with Crippen LogP contribution in [0, 0.1) is 11.3 Å². The fraction of sp³-hybridized carbons (Fsp3) is 0.619. The summed E-state index contributed by atoms with van der Waals surface area (Å²) in [7, 11) is 0. The van der Waals surface area contributed by atoms with Gasteiger partial charge in [0.25, 0.3) is 0 Å². The minimum absolute atomic E-state index is 0.0955. The van der Waals surface area contributed by atoms with Crippen LogP contribution in [0.15, 0.2) is 17.3 Å². The number of hydrogen-bond donors (Lipinski definition) is 3. The Morgan fingerprint density at radius 2 is 1.93 bits per heavy atom. The van der Waals surface area contributed by atoms with Gasteiger partial charge in [-0.25, -0.2) is 9.78 Å². The van der Waals surface area contributed by atoms with Crippen LogP contribution in [0.3, 0.4) is 0 Å². The summed E-state index contributed by atoms with van der Waals surface area (Å²) in [5, 5.41) is 21.7. The molecule has 1 saturated carbocycles. The lowest BCUT2D eigenvalue weighted by atomic mass is 9.75. The highest BCUT2D eigenvalue weighted by molar-refractivity contribution is 5.88. The summed E-state index contributed by atoms with van der Waals surface area (Å²) in [4.78, 5) is 40.7. The standard InChI is InChI=1S/C21H30N2O6/c1-4-7-14(18(24)25)11-21(8-5-6-9-21)20(28)23-15(19(26)27)10-17-22-16(12-29-17)13(2)3/h12,14-15H,2,4-11H2,1,3H3,(H,23,28)(H,24,25)(H,26,27)/t14-,15?/m1/s1. The molecule has 2 atom stereocenters. The van der Waals surface area contributed by atoms with Gasteiger partial charge in [0.05, 0.1) is 17.8 Å². The monoisotopic (exact) mass is 406 g/mol. The Morgan fingerprint density at radius 1 is 1.28 bits per heavy atom. The molecule has 29 heavy (non-hydrogen) atoms. The van der Waals surface area contributed by atoms with Crippen molar-refractivity contribution in [3.63, 3.8) is 0 Å². The van der Waals surface area contributed by atoms with Gasteiger partial charge in [-0.15, -0.1) is 0 Å². The van der Waals surface area contributed by atoms with Gasteiger partial charge in [0.1, 0.15) is 18.0 Å². The van der Waals surface area contributed by atoms with Gasteiger partial charge in [0, 0.05) is 0 Å². The molecule has 1 aliphatic rings. The molecule has 3 N–H and O–H groups in total. The van der Waals surface area contributed by atoms with Crippen LogP contribution in [0.4, 0.5) is 0 Å². The molecule has 8 heteroatoms. The Bertz CT molecular complexity index is 763. The van der Waals surface area contributed by atoms with E-state index in [9.17, 15) is 24.6 Å². The molecule has 1 aliphatic carbocycles. The third kappa shape index (κ3) is 5.68. The molecule has 0 bridgehead atoms. The maximum Gasteiger partial charge on any atom is 0.326 e. The van der Waals surface area contributed by atoms with Crippen molar-refractivity contribution in [3.05, 3.63) is 24.4 Å². The zero-order valence-corrected chi connectivity index (χ0v) is 17.1. The predicted octanol–water partition coefficient (Wildman–Crippen LogP) is 3.27. The van der Waals surface area contributed by atoms with Crippen LogP contribution in [0.1, 0.15) is 70.4 Å². The summed E-state index contributed by atoms with van der Waals surface area (Å²) in [6.07, 6.45) is 5.52.